The molecule has 9 heteroatoms. The lowest BCUT2D eigenvalue weighted by molar-refractivity contribution is 0.0514. The first kappa shape index (κ1) is 26.9. The van der Waals surface area contributed by atoms with E-state index < -0.39 is 17.7 Å². The second-order valence-electron chi connectivity index (χ2n) is 8.42. The van der Waals surface area contributed by atoms with Crippen molar-refractivity contribution in [3.8, 4) is 0 Å². The molecule has 0 spiro atoms. The molecule has 178 valence electrons. The zero-order chi connectivity index (χ0) is 24.8. The van der Waals surface area contributed by atoms with E-state index in [2.05, 4.69) is 5.32 Å². The third-order valence-corrected chi connectivity index (χ3v) is 5.42. The van der Waals surface area contributed by atoms with Crippen LogP contribution in [0.5, 0.6) is 0 Å². The van der Waals surface area contributed by atoms with E-state index in [0.717, 1.165) is 11.1 Å². The maximum absolute atomic E-state index is 12.1. The van der Waals surface area contributed by atoms with Gasteiger partial charge in [0.15, 0.2) is 0 Å². The van der Waals surface area contributed by atoms with E-state index in [4.69, 9.17) is 50.6 Å². The summed E-state index contributed by atoms with van der Waals surface area (Å²) in [7, 11) is 0. The largest absolute Gasteiger partial charge is 0.462 e. The number of benzene rings is 2. The van der Waals surface area contributed by atoms with E-state index in [0.29, 0.717) is 40.5 Å². The molecule has 0 aliphatic rings. The Morgan fingerprint density at radius 1 is 1.06 bits per heavy atom. The molecule has 2 rings (SSSR count). The number of nitrogens with one attached hydrogen (secondary N) is 1. The fourth-order valence-electron chi connectivity index (χ4n) is 3.00. The van der Waals surface area contributed by atoms with Gasteiger partial charge in [0, 0.05) is 35.0 Å². The summed E-state index contributed by atoms with van der Waals surface area (Å²) in [5.41, 5.74) is 8.59. The molecule has 33 heavy (non-hydrogen) atoms. The molecule has 0 aliphatic carbocycles. The van der Waals surface area contributed by atoms with Gasteiger partial charge in [-0.25, -0.2) is 9.59 Å². The van der Waals surface area contributed by atoms with E-state index in [1.54, 1.807) is 39.8 Å². The quantitative estimate of drug-likeness (QED) is 0.259. The van der Waals surface area contributed by atoms with Gasteiger partial charge in [-0.1, -0.05) is 47.6 Å². The summed E-state index contributed by atoms with van der Waals surface area (Å²) >= 11 is 18.1. The van der Waals surface area contributed by atoms with Crippen molar-refractivity contribution in [2.75, 3.05) is 12.3 Å². The fourth-order valence-corrected chi connectivity index (χ4v) is 3.75. The lowest BCUT2D eigenvalue weighted by atomic mass is 9.99. The predicted octanol–water partition coefficient (Wildman–Crippen LogP) is 5.93. The number of amides is 1. The second-order valence-corrected chi connectivity index (χ2v) is 9.82. The smallest absolute Gasteiger partial charge is 0.407 e. The van der Waals surface area contributed by atoms with Gasteiger partial charge in [-0.15, -0.1) is 0 Å². The van der Waals surface area contributed by atoms with Crippen LogP contribution in [-0.4, -0.2) is 29.1 Å². The Bertz CT molecular complexity index is 1050. The van der Waals surface area contributed by atoms with Crippen LogP contribution < -0.4 is 11.1 Å². The van der Waals surface area contributed by atoms with Crippen molar-refractivity contribution in [1.82, 2.24) is 5.32 Å². The average Bonchev–Trinajstić information content (AvgIpc) is 2.69. The van der Waals surface area contributed by atoms with Crippen LogP contribution in [0.1, 0.15) is 54.7 Å². The molecule has 2 aromatic carbocycles. The number of carbonyl (C=O) groups excluding carboxylic acids is 2. The van der Waals surface area contributed by atoms with Gasteiger partial charge in [-0.3, -0.25) is 0 Å². The number of ether oxygens (including phenoxy) is 2. The van der Waals surface area contributed by atoms with Gasteiger partial charge in [0.1, 0.15) is 5.60 Å². The number of anilines is 1. The summed E-state index contributed by atoms with van der Waals surface area (Å²) in [6.45, 7) is 7.66. The number of thiocarbonyl (C=S) groups is 1. The summed E-state index contributed by atoms with van der Waals surface area (Å²) in [4.78, 5) is 24.7. The van der Waals surface area contributed by atoms with Crippen LogP contribution in [0.15, 0.2) is 30.3 Å². The monoisotopic (exact) mass is 510 g/mol. The molecule has 0 aromatic heterocycles. The molecule has 0 radical (unpaired) electrons. The second kappa shape index (κ2) is 11.7. The Labute approximate surface area is 209 Å². The van der Waals surface area contributed by atoms with E-state index in [9.17, 15) is 9.59 Å². The molecule has 1 amide bonds. The topological polar surface area (TPSA) is 90.6 Å². The van der Waals surface area contributed by atoms with Crippen molar-refractivity contribution in [2.45, 2.75) is 52.7 Å². The molecule has 0 saturated carbocycles. The number of nitrogens with two attached hydrogens (primary N) is 1. The van der Waals surface area contributed by atoms with Gasteiger partial charge in [-0.2, -0.15) is 0 Å². The van der Waals surface area contributed by atoms with Gasteiger partial charge >= 0.3 is 12.1 Å². The van der Waals surface area contributed by atoms with E-state index in [1.807, 2.05) is 12.1 Å². The SMILES string of the molecule is CCOC(=O)c1cc(CC(=S)Cc2cc(CNC(=O)OC(C)(C)C)ccc2Cl)c(N)cc1Cl. The van der Waals surface area contributed by atoms with Crippen molar-refractivity contribution in [2.24, 2.45) is 0 Å². The van der Waals surface area contributed by atoms with Gasteiger partial charge in [0.25, 0.3) is 0 Å². The van der Waals surface area contributed by atoms with Crippen LogP contribution in [0.4, 0.5) is 10.5 Å². The van der Waals surface area contributed by atoms with Gasteiger partial charge in [0.2, 0.25) is 0 Å². The number of nitrogen functional groups attached to an aromatic ring is 1. The van der Waals surface area contributed by atoms with Crippen LogP contribution in [0.3, 0.4) is 0 Å². The summed E-state index contributed by atoms with van der Waals surface area (Å²) < 4.78 is 10.3. The van der Waals surface area contributed by atoms with Crippen molar-refractivity contribution >= 4 is 58.0 Å². The minimum absolute atomic E-state index is 0.230. The average molecular weight is 511 g/mol. The summed E-state index contributed by atoms with van der Waals surface area (Å²) in [6, 6.07) is 8.63. The minimum Gasteiger partial charge on any atom is -0.462 e. The highest BCUT2D eigenvalue weighted by atomic mass is 35.5. The third kappa shape index (κ3) is 8.50. The van der Waals surface area contributed by atoms with Crippen LogP contribution >= 0.6 is 35.4 Å². The summed E-state index contributed by atoms with van der Waals surface area (Å²) in [5, 5.41) is 3.52. The Morgan fingerprint density at radius 2 is 1.73 bits per heavy atom. The first-order valence-corrected chi connectivity index (χ1v) is 11.6. The Hall–Kier alpha value is -2.35. The highest BCUT2D eigenvalue weighted by Crippen LogP contribution is 2.26. The van der Waals surface area contributed by atoms with Crippen LogP contribution in [-0.2, 0) is 28.9 Å². The lowest BCUT2D eigenvalue weighted by Crippen LogP contribution is -2.32. The molecule has 0 atom stereocenters. The maximum atomic E-state index is 12.1. The van der Waals surface area contributed by atoms with Gasteiger partial charge in [-0.05, 0) is 62.6 Å². The zero-order valence-corrected chi connectivity index (χ0v) is 21.4. The Kier molecular flexibility index (Phi) is 9.52. The Balaban J connectivity index is 2.10. The molecule has 0 saturated heterocycles. The van der Waals surface area contributed by atoms with E-state index in [-0.39, 0.29) is 17.2 Å². The minimum atomic E-state index is -0.571. The normalized spacial score (nSPS) is 11.1. The maximum Gasteiger partial charge on any atom is 0.407 e. The molecule has 2 aromatic rings. The number of carbonyl (C=O) groups is 2. The highest BCUT2D eigenvalue weighted by molar-refractivity contribution is 7.80. The van der Waals surface area contributed by atoms with E-state index >= 15 is 0 Å². The molecule has 3 N–H and O–H groups in total. The summed E-state index contributed by atoms with van der Waals surface area (Å²) in [6.07, 6.45) is 0.289. The molecule has 0 fully saturated rings. The van der Waals surface area contributed by atoms with Crippen LogP contribution in [0.2, 0.25) is 10.0 Å². The van der Waals surface area contributed by atoms with Crippen molar-refractivity contribution in [3.63, 3.8) is 0 Å². The van der Waals surface area contributed by atoms with Crippen molar-refractivity contribution in [1.29, 1.82) is 0 Å². The van der Waals surface area contributed by atoms with Crippen LogP contribution in [0, 0.1) is 0 Å². The zero-order valence-electron chi connectivity index (χ0n) is 19.1. The molecule has 0 heterocycles. The first-order chi connectivity index (χ1) is 15.4. The standard InChI is InChI=1S/C24H28Cl2N2O4S/c1-5-31-22(29)18-11-16(21(27)12-20(18)26)10-17(33)9-15-8-14(6-7-19(15)25)13-28-23(30)32-24(2,3)4/h6-8,11-12H,5,9-10,13,27H2,1-4H3,(H,28,30). The van der Waals surface area contributed by atoms with Crippen molar-refractivity contribution < 1.29 is 19.1 Å². The molecular formula is C24H28Cl2N2O4S. The first-order valence-electron chi connectivity index (χ1n) is 10.4. The van der Waals surface area contributed by atoms with Crippen molar-refractivity contribution in [3.05, 3.63) is 62.6 Å². The number of rotatable bonds is 8. The van der Waals surface area contributed by atoms with Gasteiger partial charge < -0.3 is 20.5 Å². The molecular weight excluding hydrogens is 483 g/mol. The summed E-state index contributed by atoms with van der Waals surface area (Å²) in [5.74, 6) is -0.511. The van der Waals surface area contributed by atoms with Gasteiger partial charge in [0.05, 0.1) is 17.2 Å². The number of halogens is 2. The molecule has 0 aliphatic heterocycles. The predicted molar refractivity (Wildman–Crippen MR) is 136 cm³/mol. The molecule has 6 nitrogen and oxygen atoms in total. The molecule has 0 unspecified atom stereocenters. The van der Waals surface area contributed by atoms with E-state index in [1.165, 1.54) is 6.07 Å². The van der Waals surface area contributed by atoms with Crippen LogP contribution in [0.25, 0.3) is 0 Å². The number of esters is 1. The fraction of sp³-hybridized carbons (Fsp3) is 0.375. The lowest BCUT2D eigenvalue weighted by Gasteiger charge is -2.19. The number of hydrogen-bond acceptors (Lipinski definition) is 6. The highest BCUT2D eigenvalue weighted by Gasteiger charge is 2.17. The number of hydrogen-bond donors (Lipinski definition) is 2. The Morgan fingerprint density at radius 3 is 2.36 bits per heavy atom. The third-order valence-electron chi connectivity index (χ3n) is 4.45. The number of alkyl carbamates (subject to hydrolysis) is 1. The molecule has 0 bridgehead atoms.